The lowest BCUT2D eigenvalue weighted by Gasteiger charge is -2.37. The predicted octanol–water partition coefficient (Wildman–Crippen LogP) is 2.71. The Morgan fingerprint density at radius 3 is 2.86 bits per heavy atom. The summed E-state index contributed by atoms with van der Waals surface area (Å²) < 4.78 is 0. The highest BCUT2D eigenvalue weighted by Gasteiger charge is 2.28. The fourth-order valence-corrected chi connectivity index (χ4v) is 2.69. The van der Waals surface area contributed by atoms with Crippen molar-refractivity contribution in [3.8, 4) is 0 Å². The largest absolute Gasteiger partial charge is 0.399 e. The lowest BCUT2D eigenvalue weighted by atomic mass is 9.98. The molecule has 0 saturated heterocycles. The molecule has 0 radical (unpaired) electrons. The molecule has 2 rings (SSSR count). The highest BCUT2D eigenvalue weighted by molar-refractivity contribution is 5.86. The minimum Gasteiger partial charge on any atom is -0.399 e. The van der Waals surface area contributed by atoms with Crippen molar-refractivity contribution in [3.05, 3.63) is 23.8 Å². The number of nitrogen functional groups attached to an aromatic ring is 1. The topological polar surface area (TPSA) is 58.4 Å². The molecule has 4 heteroatoms. The Labute approximate surface area is 127 Å². The van der Waals surface area contributed by atoms with Crippen LogP contribution in [0, 0.1) is 0 Å². The van der Waals surface area contributed by atoms with Gasteiger partial charge in [-0.3, -0.25) is 4.79 Å². The van der Waals surface area contributed by atoms with E-state index in [0.29, 0.717) is 0 Å². The average molecular weight is 289 g/mol. The number of nitrogens with two attached hydrogens (primary N) is 1. The highest BCUT2D eigenvalue weighted by atomic mass is 16.2. The Hall–Kier alpha value is -1.71. The number of benzene rings is 1. The van der Waals surface area contributed by atoms with Gasteiger partial charge in [0.15, 0.2) is 0 Å². The number of rotatable bonds is 4. The molecular formula is C17H27N3O. The van der Waals surface area contributed by atoms with Crippen LogP contribution in [0.25, 0.3) is 0 Å². The Morgan fingerprint density at radius 1 is 1.48 bits per heavy atom. The van der Waals surface area contributed by atoms with Gasteiger partial charge in [-0.15, -0.1) is 0 Å². The van der Waals surface area contributed by atoms with E-state index in [2.05, 4.69) is 37.1 Å². The minimum atomic E-state index is -0.184. The maximum atomic E-state index is 12.5. The van der Waals surface area contributed by atoms with E-state index in [9.17, 15) is 4.79 Å². The number of nitrogens with zero attached hydrogens (tertiary/aromatic N) is 1. The van der Waals surface area contributed by atoms with E-state index >= 15 is 0 Å². The number of amides is 1. The molecule has 0 fully saturated rings. The zero-order valence-corrected chi connectivity index (χ0v) is 13.6. The summed E-state index contributed by atoms with van der Waals surface area (Å²) in [6, 6.07) is 5.82. The first-order valence-electron chi connectivity index (χ1n) is 7.81. The van der Waals surface area contributed by atoms with E-state index in [4.69, 9.17) is 5.73 Å². The summed E-state index contributed by atoms with van der Waals surface area (Å²) in [5.74, 6) is 0.0807. The zero-order valence-electron chi connectivity index (χ0n) is 13.6. The van der Waals surface area contributed by atoms with Crippen molar-refractivity contribution < 1.29 is 4.79 Å². The monoisotopic (exact) mass is 289 g/mol. The predicted molar refractivity (Wildman–Crippen MR) is 88.5 cm³/mol. The van der Waals surface area contributed by atoms with Crippen LogP contribution in [-0.4, -0.2) is 24.0 Å². The molecule has 3 N–H and O–H groups in total. The second-order valence-corrected chi connectivity index (χ2v) is 6.59. The first-order chi connectivity index (χ1) is 9.84. The molecule has 1 aliphatic rings. The second kappa shape index (κ2) is 5.96. The van der Waals surface area contributed by atoms with Gasteiger partial charge in [0.2, 0.25) is 5.91 Å². The van der Waals surface area contributed by atoms with E-state index in [0.717, 1.165) is 37.2 Å². The van der Waals surface area contributed by atoms with Crippen LogP contribution in [0.1, 0.15) is 46.1 Å². The minimum absolute atomic E-state index is 0.0807. The summed E-state index contributed by atoms with van der Waals surface area (Å²) in [6.07, 6.45) is 3.04. The van der Waals surface area contributed by atoms with Crippen molar-refractivity contribution >= 4 is 17.3 Å². The van der Waals surface area contributed by atoms with Gasteiger partial charge in [-0.1, -0.05) is 13.0 Å². The van der Waals surface area contributed by atoms with Crippen LogP contribution < -0.4 is 16.0 Å². The molecule has 4 nitrogen and oxygen atoms in total. The fourth-order valence-electron chi connectivity index (χ4n) is 2.69. The molecule has 21 heavy (non-hydrogen) atoms. The summed E-state index contributed by atoms with van der Waals surface area (Å²) in [5.41, 5.74) is 8.89. The molecule has 0 saturated carbocycles. The van der Waals surface area contributed by atoms with Gasteiger partial charge in [-0.05, 0) is 57.7 Å². The first-order valence-corrected chi connectivity index (χ1v) is 7.81. The fraction of sp³-hybridized carbons (Fsp3) is 0.588. The Bertz CT molecular complexity index is 525. The molecular weight excluding hydrogens is 262 g/mol. The van der Waals surface area contributed by atoms with Crippen molar-refractivity contribution in [1.29, 1.82) is 0 Å². The summed E-state index contributed by atoms with van der Waals surface area (Å²) in [4.78, 5) is 14.7. The number of fused-ring (bicyclic) bond motifs is 1. The van der Waals surface area contributed by atoms with Gasteiger partial charge in [0, 0.05) is 23.5 Å². The van der Waals surface area contributed by atoms with Gasteiger partial charge in [0.1, 0.15) is 6.04 Å². The van der Waals surface area contributed by atoms with Crippen LogP contribution in [0.3, 0.4) is 0 Å². The third kappa shape index (κ3) is 3.49. The Morgan fingerprint density at radius 2 is 2.19 bits per heavy atom. The normalized spacial score (nSPS) is 16.3. The van der Waals surface area contributed by atoms with Gasteiger partial charge in [-0.2, -0.15) is 0 Å². The third-order valence-corrected chi connectivity index (χ3v) is 4.46. The smallest absolute Gasteiger partial charge is 0.242 e. The SMILES string of the molecule is CCC(C)(C)NC(=O)C(C)N1CCCc2ccc(N)cc21. The van der Waals surface area contributed by atoms with Crippen LogP contribution in [-0.2, 0) is 11.2 Å². The molecule has 0 aliphatic carbocycles. The quantitative estimate of drug-likeness (QED) is 0.838. The van der Waals surface area contributed by atoms with Crippen molar-refractivity contribution in [2.24, 2.45) is 0 Å². The Kier molecular flexibility index (Phi) is 4.45. The number of hydrogen-bond acceptors (Lipinski definition) is 3. The summed E-state index contributed by atoms with van der Waals surface area (Å²) in [6.45, 7) is 9.07. The summed E-state index contributed by atoms with van der Waals surface area (Å²) >= 11 is 0. The number of hydrogen-bond donors (Lipinski definition) is 2. The number of nitrogens with one attached hydrogen (secondary N) is 1. The van der Waals surface area contributed by atoms with Crippen molar-refractivity contribution in [1.82, 2.24) is 5.32 Å². The van der Waals surface area contributed by atoms with Crippen LogP contribution in [0.4, 0.5) is 11.4 Å². The van der Waals surface area contributed by atoms with Crippen molar-refractivity contribution in [2.75, 3.05) is 17.2 Å². The van der Waals surface area contributed by atoms with Crippen molar-refractivity contribution in [3.63, 3.8) is 0 Å². The van der Waals surface area contributed by atoms with E-state index in [-0.39, 0.29) is 17.5 Å². The second-order valence-electron chi connectivity index (χ2n) is 6.59. The number of anilines is 2. The standard InChI is InChI=1S/C17H27N3O/c1-5-17(3,4)19-16(21)12(2)20-10-6-7-13-8-9-14(18)11-15(13)20/h8-9,11-12H,5-7,10,18H2,1-4H3,(H,19,21). The number of carbonyl (C=O) groups excluding carboxylic acids is 1. The van der Waals surface area contributed by atoms with E-state index in [1.165, 1.54) is 5.56 Å². The van der Waals surface area contributed by atoms with Crippen LogP contribution >= 0.6 is 0 Å². The lowest BCUT2D eigenvalue weighted by molar-refractivity contribution is -0.123. The van der Waals surface area contributed by atoms with Gasteiger partial charge in [0.05, 0.1) is 0 Å². The molecule has 0 spiro atoms. The van der Waals surface area contributed by atoms with E-state index < -0.39 is 0 Å². The molecule has 0 aromatic heterocycles. The lowest BCUT2D eigenvalue weighted by Crippen LogP contribution is -2.53. The number of carbonyl (C=O) groups is 1. The molecule has 1 unspecified atom stereocenters. The van der Waals surface area contributed by atoms with Gasteiger partial charge < -0.3 is 16.0 Å². The molecule has 1 heterocycles. The Balaban J connectivity index is 2.19. The molecule has 1 atom stereocenters. The maximum Gasteiger partial charge on any atom is 0.242 e. The van der Waals surface area contributed by atoms with Gasteiger partial charge in [-0.25, -0.2) is 0 Å². The maximum absolute atomic E-state index is 12.5. The first kappa shape index (κ1) is 15.7. The summed E-state index contributed by atoms with van der Waals surface area (Å²) in [7, 11) is 0. The van der Waals surface area contributed by atoms with Crippen molar-refractivity contribution in [2.45, 2.75) is 58.5 Å². The van der Waals surface area contributed by atoms with E-state index in [1.54, 1.807) is 0 Å². The molecule has 0 bridgehead atoms. The summed E-state index contributed by atoms with van der Waals surface area (Å²) in [5, 5.41) is 3.14. The van der Waals surface area contributed by atoms with Crippen LogP contribution in [0.5, 0.6) is 0 Å². The highest BCUT2D eigenvalue weighted by Crippen LogP contribution is 2.30. The third-order valence-electron chi connectivity index (χ3n) is 4.46. The molecule has 1 aromatic rings. The number of aryl methyl sites for hydroxylation is 1. The molecule has 1 amide bonds. The van der Waals surface area contributed by atoms with Crippen LogP contribution in [0.15, 0.2) is 18.2 Å². The zero-order chi connectivity index (χ0) is 15.6. The van der Waals surface area contributed by atoms with Gasteiger partial charge in [0.25, 0.3) is 0 Å². The molecule has 116 valence electrons. The molecule has 1 aliphatic heterocycles. The average Bonchev–Trinajstić information content (AvgIpc) is 2.45. The van der Waals surface area contributed by atoms with Gasteiger partial charge >= 0.3 is 0 Å². The molecule has 1 aromatic carbocycles. The van der Waals surface area contributed by atoms with E-state index in [1.807, 2.05) is 19.1 Å². The van der Waals surface area contributed by atoms with Crippen LogP contribution in [0.2, 0.25) is 0 Å².